The summed E-state index contributed by atoms with van der Waals surface area (Å²) in [7, 11) is 0. The number of carboxylic acids is 1. The molecule has 0 heterocycles. The number of aliphatic carboxylic acids is 1. The van der Waals surface area contributed by atoms with E-state index in [2.05, 4.69) is 5.32 Å². The zero-order valence-corrected chi connectivity index (χ0v) is 9.05. The van der Waals surface area contributed by atoms with Gasteiger partial charge in [-0.15, -0.1) is 0 Å². The number of nitrogens with one attached hydrogen (secondary N) is 1. The van der Waals surface area contributed by atoms with Crippen LogP contribution in [0.25, 0.3) is 0 Å². The highest BCUT2D eigenvalue weighted by molar-refractivity contribution is 5.80. The SMILES string of the molecule is CCNC(C)(C(=O)O)c1cc(F)cc(F)c1. The lowest BCUT2D eigenvalue weighted by atomic mass is 9.92. The van der Waals surface area contributed by atoms with E-state index in [1.807, 2.05) is 0 Å². The van der Waals surface area contributed by atoms with Crippen LogP contribution in [0.2, 0.25) is 0 Å². The van der Waals surface area contributed by atoms with E-state index in [-0.39, 0.29) is 5.56 Å². The van der Waals surface area contributed by atoms with E-state index < -0.39 is 23.1 Å². The van der Waals surface area contributed by atoms with E-state index in [1.165, 1.54) is 6.92 Å². The van der Waals surface area contributed by atoms with Gasteiger partial charge in [0.2, 0.25) is 0 Å². The molecule has 0 bridgehead atoms. The zero-order valence-electron chi connectivity index (χ0n) is 9.05. The minimum Gasteiger partial charge on any atom is -0.480 e. The van der Waals surface area contributed by atoms with Gasteiger partial charge >= 0.3 is 5.97 Å². The Morgan fingerprint density at radius 1 is 1.38 bits per heavy atom. The average molecular weight is 229 g/mol. The first-order chi connectivity index (χ1) is 7.40. The molecule has 1 aromatic rings. The summed E-state index contributed by atoms with van der Waals surface area (Å²) in [4.78, 5) is 11.1. The number of benzene rings is 1. The molecule has 2 N–H and O–H groups in total. The van der Waals surface area contributed by atoms with E-state index >= 15 is 0 Å². The van der Waals surface area contributed by atoms with Gasteiger partial charge in [0.15, 0.2) is 0 Å². The van der Waals surface area contributed by atoms with Crippen LogP contribution in [0.1, 0.15) is 19.4 Å². The standard InChI is InChI=1S/C11H13F2NO2/c1-3-14-11(2,10(15)16)7-4-8(12)6-9(13)5-7/h4-6,14H,3H2,1-2H3,(H,15,16). The third-order valence-electron chi connectivity index (χ3n) is 2.40. The molecule has 0 fully saturated rings. The maximum absolute atomic E-state index is 13.0. The third-order valence-corrected chi connectivity index (χ3v) is 2.40. The van der Waals surface area contributed by atoms with Crippen LogP contribution < -0.4 is 5.32 Å². The van der Waals surface area contributed by atoms with Crippen LogP contribution in [0.3, 0.4) is 0 Å². The molecular formula is C11H13F2NO2. The van der Waals surface area contributed by atoms with Gasteiger partial charge in [0.25, 0.3) is 0 Å². The second-order valence-electron chi connectivity index (χ2n) is 3.62. The van der Waals surface area contributed by atoms with Gasteiger partial charge in [-0.25, -0.2) is 13.6 Å². The number of halogens is 2. The highest BCUT2D eigenvalue weighted by Crippen LogP contribution is 2.23. The largest absolute Gasteiger partial charge is 0.480 e. The van der Waals surface area contributed by atoms with Crippen molar-refractivity contribution in [1.82, 2.24) is 5.32 Å². The van der Waals surface area contributed by atoms with E-state index in [9.17, 15) is 13.6 Å². The van der Waals surface area contributed by atoms with Crippen molar-refractivity contribution in [1.29, 1.82) is 0 Å². The summed E-state index contributed by atoms with van der Waals surface area (Å²) in [6.45, 7) is 3.46. The van der Waals surface area contributed by atoms with Crippen molar-refractivity contribution in [3.8, 4) is 0 Å². The molecule has 1 unspecified atom stereocenters. The molecule has 0 amide bonds. The molecule has 0 aliphatic carbocycles. The number of hydrogen-bond acceptors (Lipinski definition) is 2. The monoisotopic (exact) mass is 229 g/mol. The number of rotatable bonds is 4. The summed E-state index contributed by atoms with van der Waals surface area (Å²) in [5, 5.41) is 11.8. The lowest BCUT2D eigenvalue weighted by Crippen LogP contribution is -2.46. The summed E-state index contributed by atoms with van der Waals surface area (Å²) in [6.07, 6.45) is 0. The number of likely N-dealkylation sites (N-methyl/N-ethyl adjacent to an activating group) is 1. The number of hydrogen-bond donors (Lipinski definition) is 2. The Bertz CT molecular complexity index is 389. The molecule has 16 heavy (non-hydrogen) atoms. The molecule has 0 aliphatic heterocycles. The summed E-state index contributed by atoms with van der Waals surface area (Å²) in [6, 6.07) is 2.73. The topological polar surface area (TPSA) is 49.3 Å². The quantitative estimate of drug-likeness (QED) is 0.828. The molecule has 0 saturated carbocycles. The second-order valence-corrected chi connectivity index (χ2v) is 3.62. The predicted octanol–water partition coefficient (Wildman–Crippen LogP) is 1.87. The van der Waals surface area contributed by atoms with Crippen molar-refractivity contribution < 1.29 is 18.7 Å². The molecule has 0 aliphatic rings. The summed E-state index contributed by atoms with van der Waals surface area (Å²) in [5.74, 6) is -2.76. The Kier molecular flexibility index (Phi) is 3.59. The van der Waals surface area contributed by atoms with Crippen LogP contribution in [0.15, 0.2) is 18.2 Å². The van der Waals surface area contributed by atoms with Crippen LogP contribution >= 0.6 is 0 Å². The first-order valence-electron chi connectivity index (χ1n) is 4.85. The van der Waals surface area contributed by atoms with Crippen molar-refractivity contribution >= 4 is 5.97 Å². The number of carbonyl (C=O) groups is 1. The molecule has 0 spiro atoms. The minimum absolute atomic E-state index is 0.0550. The van der Waals surface area contributed by atoms with Gasteiger partial charge in [-0.2, -0.15) is 0 Å². The highest BCUT2D eigenvalue weighted by Gasteiger charge is 2.34. The first kappa shape index (κ1) is 12.6. The van der Waals surface area contributed by atoms with Gasteiger partial charge < -0.3 is 5.11 Å². The Hall–Kier alpha value is -1.49. The minimum atomic E-state index is -1.49. The van der Waals surface area contributed by atoms with Gasteiger partial charge in [0.1, 0.15) is 17.2 Å². The van der Waals surface area contributed by atoms with Crippen LogP contribution in [0.5, 0.6) is 0 Å². The normalized spacial score (nSPS) is 14.5. The lowest BCUT2D eigenvalue weighted by molar-refractivity contribution is -0.144. The van der Waals surface area contributed by atoms with Crippen molar-refractivity contribution in [2.75, 3.05) is 6.54 Å². The van der Waals surface area contributed by atoms with Gasteiger partial charge in [-0.1, -0.05) is 6.92 Å². The highest BCUT2D eigenvalue weighted by atomic mass is 19.1. The summed E-state index contributed by atoms with van der Waals surface area (Å²) < 4.78 is 26.0. The molecule has 1 aromatic carbocycles. The second kappa shape index (κ2) is 4.57. The van der Waals surface area contributed by atoms with E-state index in [4.69, 9.17) is 5.11 Å². The molecular weight excluding hydrogens is 216 g/mol. The Balaban J connectivity index is 3.25. The fourth-order valence-electron chi connectivity index (χ4n) is 1.50. The molecule has 5 heteroatoms. The summed E-state index contributed by atoms with van der Waals surface area (Å²) >= 11 is 0. The van der Waals surface area contributed by atoms with Gasteiger partial charge in [0, 0.05) is 6.07 Å². The summed E-state index contributed by atoms with van der Waals surface area (Å²) in [5.41, 5.74) is -1.43. The third kappa shape index (κ3) is 2.36. The maximum Gasteiger partial charge on any atom is 0.328 e. The van der Waals surface area contributed by atoms with Crippen LogP contribution in [-0.2, 0) is 10.3 Å². The lowest BCUT2D eigenvalue weighted by Gasteiger charge is -2.26. The zero-order chi connectivity index (χ0) is 12.3. The van der Waals surface area contributed by atoms with Crippen LogP contribution in [0.4, 0.5) is 8.78 Å². The fraction of sp³-hybridized carbons (Fsp3) is 0.364. The molecule has 1 atom stereocenters. The van der Waals surface area contributed by atoms with Crippen molar-refractivity contribution in [3.63, 3.8) is 0 Å². The molecule has 3 nitrogen and oxygen atoms in total. The van der Waals surface area contributed by atoms with Crippen molar-refractivity contribution in [2.45, 2.75) is 19.4 Å². The van der Waals surface area contributed by atoms with E-state index in [0.29, 0.717) is 12.6 Å². The predicted molar refractivity (Wildman–Crippen MR) is 55.0 cm³/mol. The maximum atomic E-state index is 13.0. The van der Waals surface area contributed by atoms with Crippen molar-refractivity contribution in [2.24, 2.45) is 0 Å². The Labute approximate surface area is 92.1 Å². The smallest absolute Gasteiger partial charge is 0.328 e. The fourth-order valence-corrected chi connectivity index (χ4v) is 1.50. The molecule has 0 aromatic heterocycles. The van der Waals surface area contributed by atoms with E-state index in [0.717, 1.165) is 12.1 Å². The molecule has 0 radical (unpaired) electrons. The first-order valence-corrected chi connectivity index (χ1v) is 4.85. The molecule has 1 rings (SSSR count). The molecule has 88 valence electrons. The number of carboxylic acid groups (broad SMARTS) is 1. The van der Waals surface area contributed by atoms with Crippen molar-refractivity contribution in [3.05, 3.63) is 35.4 Å². The van der Waals surface area contributed by atoms with Gasteiger partial charge in [-0.3, -0.25) is 5.32 Å². The van der Waals surface area contributed by atoms with E-state index in [1.54, 1.807) is 6.92 Å². The van der Waals surface area contributed by atoms with Crippen LogP contribution in [0, 0.1) is 11.6 Å². The Morgan fingerprint density at radius 2 is 1.88 bits per heavy atom. The molecule has 0 saturated heterocycles. The van der Waals surface area contributed by atoms with Gasteiger partial charge in [-0.05, 0) is 31.2 Å². The van der Waals surface area contributed by atoms with Gasteiger partial charge in [0.05, 0.1) is 0 Å². The average Bonchev–Trinajstić information content (AvgIpc) is 2.16. The van der Waals surface area contributed by atoms with Crippen LogP contribution in [-0.4, -0.2) is 17.6 Å². The Morgan fingerprint density at radius 3 is 2.25 bits per heavy atom.